The fraction of sp³-hybridized carbons (Fsp3) is 0.788. The zero-order chi connectivity index (χ0) is 86.0. The van der Waals surface area contributed by atoms with E-state index in [-0.39, 0.29) is 5.91 Å². The molecule has 2 N–H and O–H groups in total. The van der Waals surface area contributed by atoms with Crippen LogP contribution in [0.1, 0.15) is 313 Å². The van der Waals surface area contributed by atoms with Crippen LogP contribution in [0.4, 0.5) is 0 Å². The van der Waals surface area contributed by atoms with Crippen molar-refractivity contribution in [2.45, 2.75) is 369 Å². The topological polar surface area (TPSA) is 186 Å². The van der Waals surface area contributed by atoms with Crippen LogP contribution >= 0.6 is 0 Å². The van der Waals surface area contributed by atoms with Gasteiger partial charge in [0.15, 0.2) is 0 Å². The van der Waals surface area contributed by atoms with Crippen molar-refractivity contribution in [1.29, 1.82) is 0 Å². The van der Waals surface area contributed by atoms with Crippen molar-refractivity contribution in [1.82, 2.24) is 72.4 Å². The molecule has 15 fully saturated rings. The Kier molecular flexibility index (Phi) is 29.3. The van der Waals surface area contributed by atoms with Crippen LogP contribution in [0.5, 0.6) is 0 Å². The number of imidazole rings is 3. The first-order valence-electron chi connectivity index (χ1n) is 52.4. The van der Waals surface area contributed by atoms with Gasteiger partial charge in [0.25, 0.3) is 0 Å². The van der Waals surface area contributed by atoms with Gasteiger partial charge in [-0.3, -0.25) is 24.4 Å². The number of sulfonamides is 2. The van der Waals surface area contributed by atoms with Crippen LogP contribution < -0.4 is 9.44 Å². The van der Waals surface area contributed by atoms with Gasteiger partial charge in [-0.25, -0.2) is 41.2 Å². The number of carbonyl (C=O) groups is 1. The van der Waals surface area contributed by atoms with Gasteiger partial charge in [0, 0.05) is 151 Å². The molecule has 3 aromatic heterocycles. The maximum absolute atomic E-state index is 12.9. The predicted molar refractivity (Wildman–Crippen MR) is 511 cm³/mol. The first kappa shape index (κ1) is 90.3. The highest BCUT2D eigenvalue weighted by Crippen LogP contribution is 2.53. The number of carbonyl (C=O) groups excluding carboxylic acids is 1. The molecule has 1 amide bonds. The van der Waals surface area contributed by atoms with Crippen molar-refractivity contribution in [2.24, 2.45) is 53.3 Å². The molecule has 0 radical (unpaired) electrons. The smallest absolute Gasteiger partial charge is 0.236 e. The van der Waals surface area contributed by atoms with E-state index in [9.17, 15) is 21.6 Å². The quantitative estimate of drug-likeness (QED) is 0.0583. The highest BCUT2D eigenvalue weighted by molar-refractivity contribution is 7.89. The molecule has 22 heteroatoms. The number of fused-ring (bicyclic) bond motifs is 15. The number of rotatable bonds is 24. The minimum atomic E-state index is -3.14. The number of hydrogen-bond donors (Lipinski definition) is 2. The largest absolute Gasteiger partial charge is 0.342 e. The van der Waals surface area contributed by atoms with E-state index in [4.69, 9.17) is 15.0 Å². The summed E-state index contributed by atoms with van der Waals surface area (Å²) in [7, 11) is -6.26. The van der Waals surface area contributed by atoms with E-state index in [1.807, 2.05) is 4.90 Å². The number of amides is 1. The number of aromatic nitrogens is 6. The molecule has 6 unspecified atom stereocenters. The third-order valence-electron chi connectivity index (χ3n) is 35.5. The molecular weight excluding hydrogens is 1600 g/mol. The van der Waals surface area contributed by atoms with Crippen LogP contribution in [0.15, 0.2) is 72.8 Å². The molecule has 3 aromatic carbocycles. The van der Waals surface area contributed by atoms with Gasteiger partial charge >= 0.3 is 0 Å². The Balaban J connectivity index is 0.000000123. The van der Waals surface area contributed by atoms with Crippen LogP contribution in [0, 0.1) is 53.3 Å². The molecule has 12 bridgehead atoms. The van der Waals surface area contributed by atoms with Gasteiger partial charge in [-0.2, -0.15) is 0 Å². The number of nitrogens with zero attached hydrogens (tertiary/aromatic N) is 13. The van der Waals surface area contributed by atoms with Crippen molar-refractivity contribution in [3.05, 3.63) is 90.3 Å². The van der Waals surface area contributed by atoms with Gasteiger partial charge in [-0.15, -0.1) is 0 Å². The standard InChI is InChI=1S/C37H57N5O.C34H53N5O2S.C33H51N5O2S/c1-3-40(4-2)37(43)26-39-18-10-13-29(25-39)22-36-38-34-16-7-8-17-35(34)42(36)33-23-30-14-9-15-31(24-33)41(30)32-20-27-11-5-6-12-28(19-27)21-32;1-42(40,41)35-15-17-37-16-7-10-27(24-37)21-34-36-32-13-4-5-14-33(32)39(34)31-22-28-11-6-12-29(23-31)38(28)30-19-25-8-2-3-9-26(18-25)20-30;1-41(39,40)34-14-16-36-15-13-26(23-36)20-33-35-31-11-4-5-12-32(31)38(33)30-21-27-9-6-10-28(22-30)37(27)29-18-24-7-2-3-8-25(17-24)19-29/h7-8,16-17,27-33H,3-6,9-15,18-26H2,1-2H3;4-5,13-14,25-31,35H,2-3,6-12,15-24H2,1H3;4-5,11-12,24-30,34H,2-3,6-10,13-23H2,1H3/t27-,28+,29-,30-,31+,32?,33?;25-,26+,27-,28-,29+,30?,31?;24-,25+,26-,27-,28+,29?,30?/m000/s1. The maximum atomic E-state index is 12.9. The van der Waals surface area contributed by atoms with Crippen LogP contribution in [0.3, 0.4) is 0 Å². The Hall–Kier alpha value is -4.88. The Morgan fingerprint density at radius 3 is 0.968 bits per heavy atom. The van der Waals surface area contributed by atoms with Gasteiger partial charge < -0.3 is 28.4 Å². The van der Waals surface area contributed by atoms with Gasteiger partial charge in [0.05, 0.1) is 52.2 Å². The Bertz CT molecular complexity index is 4730. The molecule has 694 valence electrons. The molecule has 6 aliphatic carbocycles. The molecule has 9 saturated heterocycles. The summed E-state index contributed by atoms with van der Waals surface area (Å²) in [4.78, 5) is 47.3. The van der Waals surface area contributed by atoms with Crippen molar-refractivity contribution in [3.8, 4) is 0 Å². The zero-order valence-electron chi connectivity index (χ0n) is 78.0. The van der Waals surface area contributed by atoms with Gasteiger partial charge in [-0.05, 0) is 290 Å². The molecule has 12 heterocycles. The van der Waals surface area contributed by atoms with Gasteiger partial charge in [0.1, 0.15) is 17.5 Å². The number of benzene rings is 3. The third kappa shape index (κ3) is 21.5. The summed E-state index contributed by atoms with van der Waals surface area (Å²) in [6, 6.07) is 35.2. The first-order valence-corrected chi connectivity index (χ1v) is 56.2. The second kappa shape index (κ2) is 40.9. The highest BCUT2D eigenvalue weighted by atomic mass is 32.2. The lowest BCUT2D eigenvalue weighted by atomic mass is 9.73. The Morgan fingerprint density at radius 1 is 0.341 bits per heavy atom. The monoisotopic (exact) mass is 1760 g/mol. The van der Waals surface area contributed by atoms with Crippen LogP contribution in [-0.2, 0) is 44.1 Å². The average molecular weight is 1770 g/mol. The summed E-state index contributed by atoms with van der Waals surface area (Å²) in [5.74, 6) is 11.8. The number of para-hydroxylation sites is 6. The first-order chi connectivity index (χ1) is 61.4. The molecule has 126 heavy (non-hydrogen) atoms. The Labute approximate surface area is 758 Å². The van der Waals surface area contributed by atoms with E-state index in [1.165, 1.54) is 309 Å². The number of nitrogens with one attached hydrogen (secondary N) is 2. The number of piperidine rings is 8. The van der Waals surface area contributed by atoms with E-state index in [0.717, 1.165) is 192 Å². The molecule has 6 saturated carbocycles. The summed E-state index contributed by atoms with van der Waals surface area (Å²) < 4.78 is 59.5. The van der Waals surface area contributed by atoms with Crippen molar-refractivity contribution < 1.29 is 21.6 Å². The molecule has 15 aliphatic rings. The molecule has 21 atom stereocenters. The van der Waals surface area contributed by atoms with Crippen LogP contribution in [0.25, 0.3) is 33.1 Å². The fourth-order valence-electron chi connectivity index (χ4n) is 30.5. The van der Waals surface area contributed by atoms with Crippen molar-refractivity contribution >= 4 is 59.1 Å². The molecule has 20 nitrogen and oxygen atoms in total. The Morgan fingerprint density at radius 2 is 0.643 bits per heavy atom. The summed E-state index contributed by atoms with van der Waals surface area (Å²) in [5.41, 5.74) is 7.49. The van der Waals surface area contributed by atoms with E-state index in [2.05, 4.69) is 139 Å². The second-order valence-electron chi connectivity index (χ2n) is 44.2. The van der Waals surface area contributed by atoms with Gasteiger partial charge in [0.2, 0.25) is 26.0 Å². The summed E-state index contributed by atoms with van der Waals surface area (Å²) in [5, 5.41) is 0. The molecule has 6 aromatic rings. The lowest BCUT2D eigenvalue weighted by molar-refractivity contribution is -0.132. The minimum absolute atomic E-state index is 0.286. The molecule has 21 rings (SSSR count). The number of hydrogen-bond acceptors (Lipinski definition) is 14. The average Bonchev–Trinajstić information content (AvgIpc) is 1.51. The van der Waals surface area contributed by atoms with E-state index in [1.54, 1.807) is 0 Å². The van der Waals surface area contributed by atoms with E-state index in [0.29, 0.717) is 55.5 Å². The zero-order valence-corrected chi connectivity index (χ0v) is 79.7. The highest BCUT2D eigenvalue weighted by Gasteiger charge is 2.50. The maximum Gasteiger partial charge on any atom is 0.236 e. The summed E-state index contributed by atoms with van der Waals surface area (Å²) >= 11 is 0. The van der Waals surface area contributed by atoms with Crippen LogP contribution in [0.2, 0.25) is 0 Å². The lowest BCUT2D eigenvalue weighted by Gasteiger charge is -2.54. The number of likely N-dealkylation sites (N-methyl/N-ethyl adjacent to an activating group) is 1. The third-order valence-corrected chi connectivity index (χ3v) is 36.9. The van der Waals surface area contributed by atoms with E-state index >= 15 is 0 Å². The molecule has 0 spiro atoms. The fourth-order valence-corrected chi connectivity index (χ4v) is 31.5. The van der Waals surface area contributed by atoms with Crippen molar-refractivity contribution in [2.75, 3.05) is 97.6 Å². The second-order valence-corrected chi connectivity index (χ2v) is 47.9. The normalized spacial score (nSPS) is 34.6. The molecular formula is C104H161N15O5S2. The SMILES string of the molecule is CCN(CC)C(=O)CN1CCC[C@@H](Cc2nc3ccccc3n2C2C[C@H]3CCC[C@@H](C2)N3C2C[C@H]3CCCC[C@@H](C2)C3)C1.CS(=O)(=O)NCCN1CCC[C@@H](Cc2nc3ccccc3n2C2C[C@H]3CCC[C@@H](C2)N3C2C[C@H]3CCCC[C@@H](C2)C3)C1.CS(=O)(=O)NCCN1CC[C@@H](Cc2nc3ccccc3n2C2C[C@H]3CCC[C@@H](C2)N3C2C[C@H]3CCCC[C@@H](C2)C3)C1. The minimum Gasteiger partial charge on any atom is -0.342 e. The van der Waals surface area contributed by atoms with Gasteiger partial charge in [-0.1, -0.05) is 133 Å². The predicted octanol–water partition coefficient (Wildman–Crippen LogP) is 18.2. The summed E-state index contributed by atoms with van der Waals surface area (Å²) in [6.45, 7) is 15.1. The molecule has 9 aliphatic heterocycles. The summed E-state index contributed by atoms with van der Waals surface area (Å²) in [6.07, 6.45) is 62.9. The van der Waals surface area contributed by atoms with Crippen LogP contribution in [-0.4, -0.2) is 238 Å². The van der Waals surface area contributed by atoms with Crippen molar-refractivity contribution in [3.63, 3.8) is 0 Å². The lowest BCUT2D eigenvalue weighted by Crippen LogP contribution is -2.58. The number of likely N-dealkylation sites (tertiary alicyclic amines) is 3. The van der Waals surface area contributed by atoms with E-state index < -0.39 is 20.0 Å².